The third kappa shape index (κ3) is 3.60. The van der Waals surface area contributed by atoms with E-state index in [1.54, 1.807) is 23.2 Å². The summed E-state index contributed by atoms with van der Waals surface area (Å²) in [5.41, 5.74) is 5.49. The maximum absolute atomic E-state index is 14.6. The van der Waals surface area contributed by atoms with Crippen molar-refractivity contribution in [2.24, 2.45) is 5.10 Å². The number of benzene rings is 2. The highest BCUT2D eigenvalue weighted by Crippen LogP contribution is 2.37. The summed E-state index contributed by atoms with van der Waals surface area (Å²) < 4.78 is 14.6. The molecule has 29 heavy (non-hydrogen) atoms. The molecule has 1 aliphatic heterocycles. The molecule has 0 saturated heterocycles. The van der Waals surface area contributed by atoms with Gasteiger partial charge in [0, 0.05) is 12.1 Å². The molecule has 3 aromatic rings. The molecule has 0 spiro atoms. The third-order valence-corrected chi connectivity index (χ3v) is 5.44. The molecule has 148 valence electrons. The maximum Gasteiger partial charge on any atom is 0.257 e. The van der Waals surface area contributed by atoms with Gasteiger partial charge in [-0.05, 0) is 55.2 Å². The molecule has 4 rings (SSSR count). The van der Waals surface area contributed by atoms with Crippen molar-refractivity contribution in [1.29, 1.82) is 0 Å². The number of nitrogens with one attached hydrogen (secondary N) is 1. The average Bonchev–Trinajstić information content (AvgIpc) is 3.12. The van der Waals surface area contributed by atoms with Crippen LogP contribution in [0, 0.1) is 19.7 Å². The third-order valence-electron chi connectivity index (χ3n) is 5.44. The number of halogens is 1. The minimum absolute atomic E-state index is 0.156. The van der Waals surface area contributed by atoms with Gasteiger partial charge in [-0.3, -0.25) is 9.80 Å². The lowest BCUT2D eigenvalue weighted by molar-refractivity contribution is 0.606. The molecular weight excluding hydrogens is 365 g/mol. The second-order valence-electron chi connectivity index (χ2n) is 7.50. The molecule has 0 bridgehead atoms. The minimum Gasteiger partial charge on any atom is -0.326 e. The number of aromatic amines is 1. The van der Waals surface area contributed by atoms with Crippen LogP contribution in [0.2, 0.25) is 0 Å². The number of hydrogen-bond donors (Lipinski definition) is 1. The van der Waals surface area contributed by atoms with Crippen molar-refractivity contribution < 1.29 is 4.39 Å². The first-order valence-electron chi connectivity index (χ1n) is 9.89. The summed E-state index contributed by atoms with van der Waals surface area (Å²) in [5, 5.41) is 6.44. The average molecular weight is 389 g/mol. The first-order chi connectivity index (χ1) is 14.0. The number of para-hydroxylation sites is 1. The molecule has 5 heteroatoms. The number of pyridine rings is 1. The number of anilines is 1. The quantitative estimate of drug-likeness (QED) is 0.679. The molecule has 1 aromatic heterocycles. The van der Waals surface area contributed by atoms with Crippen LogP contribution in [0.3, 0.4) is 0 Å². The highest BCUT2D eigenvalue weighted by molar-refractivity contribution is 6.04. The Labute approximate surface area is 169 Å². The van der Waals surface area contributed by atoms with Gasteiger partial charge >= 0.3 is 0 Å². The molecule has 4 nitrogen and oxygen atoms in total. The number of aromatic nitrogens is 1. The predicted molar refractivity (Wildman–Crippen MR) is 115 cm³/mol. The van der Waals surface area contributed by atoms with E-state index in [4.69, 9.17) is 5.10 Å². The molecule has 0 aliphatic carbocycles. The molecule has 1 N–H and O–H groups in total. The van der Waals surface area contributed by atoms with Crippen molar-refractivity contribution >= 4 is 11.4 Å². The molecule has 0 radical (unpaired) electrons. The maximum atomic E-state index is 14.6. The highest BCUT2D eigenvalue weighted by atomic mass is 19.1. The second-order valence-corrected chi connectivity index (χ2v) is 7.50. The lowest BCUT2D eigenvalue weighted by Crippen LogP contribution is -2.20. The summed E-state index contributed by atoms with van der Waals surface area (Å²) in [5.74, 6) is -0.331. The molecule has 1 atom stereocenters. The van der Waals surface area contributed by atoms with Crippen molar-refractivity contribution in [1.82, 2.24) is 4.98 Å². The molecule has 2 aromatic carbocycles. The number of aryl methyl sites for hydroxylation is 3. The van der Waals surface area contributed by atoms with Gasteiger partial charge in [-0.15, -0.1) is 0 Å². The Morgan fingerprint density at radius 1 is 1.14 bits per heavy atom. The van der Waals surface area contributed by atoms with E-state index in [2.05, 4.69) is 36.2 Å². The monoisotopic (exact) mass is 389 g/mol. The van der Waals surface area contributed by atoms with E-state index in [-0.39, 0.29) is 17.4 Å². The lowest BCUT2D eigenvalue weighted by Gasteiger charge is -2.24. The lowest BCUT2D eigenvalue weighted by atomic mass is 9.95. The summed E-state index contributed by atoms with van der Waals surface area (Å²) >= 11 is 0. The first-order valence-corrected chi connectivity index (χ1v) is 9.89. The van der Waals surface area contributed by atoms with Crippen molar-refractivity contribution in [2.75, 3.05) is 5.01 Å². The fourth-order valence-corrected chi connectivity index (χ4v) is 3.97. The number of hydrogen-bond acceptors (Lipinski definition) is 3. The number of H-pyrrole nitrogens is 1. The summed E-state index contributed by atoms with van der Waals surface area (Å²) in [6, 6.07) is 16.7. The Morgan fingerprint density at radius 2 is 1.86 bits per heavy atom. The van der Waals surface area contributed by atoms with Gasteiger partial charge < -0.3 is 4.98 Å². The Bertz CT molecular complexity index is 1130. The largest absolute Gasteiger partial charge is 0.326 e. The van der Waals surface area contributed by atoms with Crippen LogP contribution in [0.15, 0.2) is 64.5 Å². The fourth-order valence-electron chi connectivity index (χ4n) is 3.97. The SMILES string of the molecule is CCc1ccc(C2CC(c3c(C)cc(C)[nH]c3=O)=NN2c2ccccc2F)cc1. The summed E-state index contributed by atoms with van der Waals surface area (Å²) in [4.78, 5) is 15.5. The summed E-state index contributed by atoms with van der Waals surface area (Å²) in [6.07, 6.45) is 1.49. The van der Waals surface area contributed by atoms with E-state index in [0.29, 0.717) is 23.4 Å². The van der Waals surface area contributed by atoms with Crippen molar-refractivity contribution in [3.63, 3.8) is 0 Å². The van der Waals surface area contributed by atoms with Gasteiger partial charge in [-0.25, -0.2) is 4.39 Å². The molecule has 2 heterocycles. The number of hydrazone groups is 1. The Kier molecular flexibility index (Phi) is 5.05. The molecule has 1 unspecified atom stereocenters. The topological polar surface area (TPSA) is 48.5 Å². The van der Waals surface area contributed by atoms with Crippen molar-refractivity contribution in [3.8, 4) is 0 Å². The van der Waals surface area contributed by atoms with Gasteiger partial charge in [0.1, 0.15) is 5.82 Å². The molecule has 1 aliphatic rings. The first kappa shape index (κ1) is 19.1. The fraction of sp³-hybridized carbons (Fsp3) is 0.250. The molecule has 0 saturated carbocycles. The van der Waals surface area contributed by atoms with E-state index in [0.717, 1.165) is 23.2 Å². The Balaban J connectivity index is 1.82. The van der Waals surface area contributed by atoms with Gasteiger partial charge in [0.25, 0.3) is 5.56 Å². The molecule has 0 amide bonds. The van der Waals surface area contributed by atoms with E-state index in [1.807, 2.05) is 19.9 Å². The molecular formula is C24H24FN3O. The van der Waals surface area contributed by atoms with Crippen LogP contribution in [0.4, 0.5) is 10.1 Å². The zero-order valence-electron chi connectivity index (χ0n) is 16.9. The minimum atomic E-state index is -0.331. The number of rotatable bonds is 4. The summed E-state index contributed by atoms with van der Waals surface area (Å²) in [7, 11) is 0. The van der Waals surface area contributed by atoms with E-state index >= 15 is 0 Å². The smallest absolute Gasteiger partial charge is 0.257 e. The van der Waals surface area contributed by atoms with E-state index in [9.17, 15) is 9.18 Å². The standard InChI is InChI=1S/C24H24FN3O/c1-4-17-9-11-18(12-10-17)22-14-20(23-15(2)13-16(3)26-24(23)29)27-28(22)21-8-6-5-7-19(21)25/h5-13,22H,4,14H2,1-3H3,(H,26,29). The Morgan fingerprint density at radius 3 is 2.52 bits per heavy atom. The van der Waals surface area contributed by atoms with Gasteiger partial charge in [-0.2, -0.15) is 5.10 Å². The van der Waals surface area contributed by atoms with Gasteiger partial charge in [0.05, 0.1) is 23.0 Å². The van der Waals surface area contributed by atoms with E-state index < -0.39 is 0 Å². The van der Waals surface area contributed by atoms with Crippen LogP contribution < -0.4 is 10.6 Å². The highest BCUT2D eigenvalue weighted by Gasteiger charge is 2.32. The normalized spacial score (nSPS) is 16.2. The zero-order valence-corrected chi connectivity index (χ0v) is 16.9. The van der Waals surface area contributed by atoms with Crippen LogP contribution in [0.5, 0.6) is 0 Å². The van der Waals surface area contributed by atoms with Crippen LogP contribution >= 0.6 is 0 Å². The zero-order chi connectivity index (χ0) is 20.5. The van der Waals surface area contributed by atoms with E-state index in [1.165, 1.54) is 11.6 Å². The van der Waals surface area contributed by atoms with Gasteiger partial charge in [0.15, 0.2) is 0 Å². The van der Waals surface area contributed by atoms with Crippen LogP contribution in [0.25, 0.3) is 0 Å². The van der Waals surface area contributed by atoms with Crippen molar-refractivity contribution in [3.05, 3.63) is 98.7 Å². The van der Waals surface area contributed by atoms with Gasteiger partial charge in [-0.1, -0.05) is 43.3 Å². The predicted octanol–water partition coefficient (Wildman–Crippen LogP) is 5.05. The summed E-state index contributed by atoms with van der Waals surface area (Å²) in [6.45, 7) is 5.89. The number of nitrogens with zero attached hydrogens (tertiary/aromatic N) is 2. The van der Waals surface area contributed by atoms with Crippen LogP contribution in [-0.4, -0.2) is 10.7 Å². The van der Waals surface area contributed by atoms with Crippen molar-refractivity contribution in [2.45, 2.75) is 39.7 Å². The second kappa shape index (κ2) is 7.66. The van der Waals surface area contributed by atoms with Gasteiger partial charge in [0.2, 0.25) is 0 Å². The van der Waals surface area contributed by atoms with Crippen LogP contribution in [0.1, 0.15) is 47.3 Å². The Hall–Kier alpha value is -3.21. The molecule has 0 fully saturated rings. The van der Waals surface area contributed by atoms with Crippen LogP contribution in [-0.2, 0) is 6.42 Å².